The number of nitriles is 1. The molecule has 1 aromatic heterocycles. The highest BCUT2D eigenvalue weighted by molar-refractivity contribution is 7.78. The highest BCUT2D eigenvalue weighted by atomic mass is 32.2. The summed E-state index contributed by atoms with van der Waals surface area (Å²) in [6.07, 6.45) is 2.28. The highest BCUT2D eigenvalue weighted by Crippen LogP contribution is 2.37. The van der Waals surface area contributed by atoms with Gasteiger partial charge in [-0.15, -0.1) is 10.2 Å². The highest BCUT2D eigenvalue weighted by Gasteiger charge is 2.31. The first-order valence-electron chi connectivity index (χ1n) is 9.23. The minimum atomic E-state index is -2.10. The Morgan fingerprint density at radius 3 is 2.50 bits per heavy atom. The molecule has 2 aromatic carbocycles. The van der Waals surface area contributed by atoms with Gasteiger partial charge in [0.1, 0.15) is 6.07 Å². The van der Waals surface area contributed by atoms with E-state index in [4.69, 9.17) is 0 Å². The standard InChI is InChI=1S/C21H20N4O2S/c1-2-25(17-8-9-17)21-18-10-7-16(11-19(18)23-24-20(21)12-22)15-5-3-14(4-6-15)13-28(26)27/h3-7,10-11,17H,2,8-9,13H2,1H3,(H,26,27)/p-1. The van der Waals surface area contributed by atoms with Crippen LogP contribution in [0, 0.1) is 11.3 Å². The second kappa shape index (κ2) is 7.66. The fraction of sp³-hybridized carbons (Fsp3) is 0.286. The number of benzene rings is 2. The Balaban J connectivity index is 1.76. The van der Waals surface area contributed by atoms with Gasteiger partial charge in [-0.3, -0.25) is 4.21 Å². The summed E-state index contributed by atoms with van der Waals surface area (Å²) >= 11 is -2.10. The van der Waals surface area contributed by atoms with Crippen LogP contribution in [-0.2, 0) is 16.8 Å². The van der Waals surface area contributed by atoms with Crippen molar-refractivity contribution in [3.63, 3.8) is 0 Å². The second-order valence-corrected chi connectivity index (χ2v) is 7.80. The van der Waals surface area contributed by atoms with E-state index in [2.05, 4.69) is 28.1 Å². The van der Waals surface area contributed by atoms with Crippen molar-refractivity contribution in [3.05, 3.63) is 53.7 Å². The molecule has 0 aliphatic heterocycles. The Labute approximate surface area is 166 Å². The van der Waals surface area contributed by atoms with Gasteiger partial charge in [-0.25, -0.2) is 0 Å². The largest absolute Gasteiger partial charge is 0.772 e. The van der Waals surface area contributed by atoms with Gasteiger partial charge in [-0.2, -0.15) is 5.26 Å². The van der Waals surface area contributed by atoms with Crippen molar-refractivity contribution in [2.24, 2.45) is 0 Å². The van der Waals surface area contributed by atoms with Crippen molar-refractivity contribution in [2.75, 3.05) is 11.4 Å². The molecular weight excluding hydrogens is 372 g/mol. The van der Waals surface area contributed by atoms with E-state index in [0.717, 1.165) is 52.7 Å². The van der Waals surface area contributed by atoms with Crippen LogP contribution in [0.4, 0.5) is 5.69 Å². The van der Waals surface area contributed by atoms with Crippen molar-refractivity contribution in [3.8, 4) is 17.2 Å². The normalized spacial score (nSPS) is 14.6. The lowest BCUT2D eigenvalue weighted by Crippen LogP contribution is -2.26. The van der Waals surface area contributed by atoms with Crippen LogP contribution < -0.4 is 4.90 Å². The van der Waals surface area contributed by atoms with Crippen LogP contribution in [0.2, 0.25) is 0 Å². The van der Waals surface area contributed by atoms with Gasteiger partial charge in [0, 0.05) is 23.7 Å². The van der Waals surface area contributed by atoms with E-state index in [1.165, 1.54) is 0 Å². The molecule has 0 radical (unpaired) electrons. The SMILES string of the molecule is CCN(c1c(C#N)nnc2cc(-c3ccc(CS(=O)[O-])cc3)ccc12)C1CC1. The molecule has 0 saturated heterocycles. The molecule has 0 bridgehead atoms. The quantitative estimate of drug-likeness (QED) is 0.597. The zero-order valence-corrected chi connectivity index (χ0v) is 16.3. The minimum Gasteiger partial charge on any atom is -0.772 e. The molecule has 7 heteroatoms. The van der Waals surface area contributed by atoms with Crippen LogP contribution in [0.15, 0.2) is 42.5 Å². The number of anilines is 1. The first-order chi connectivity index (χ1) is 13.6. The molecule has 3 aromatic rings. The van der Waals surface area contributed by atoms with Gasteiger partial charge in [-0.1, -0.05) is 41.4 Å². The molecule has 1 atom stereocenters. The maximum Gasteiger partial charge on any atom is 0.187 e. The fourth-order valence-electron chi connectivity index (χ4n) is 3.55. The number of nitrogens with zero attached hydrogens (tertiary/aromatic N) is 4. The van der Waals surface area contributed by atoms with E-state index < -0.39 is 11.1 Å². The smallest absolute Gasteiger partial charge is 0.187 e. The van der Waals surface area contributed by atoms with Gasteiger partial charge in [0.25, 0.3) is 0 Å². The number of aromatic nitrogens is 2. The number of hydrogen-bond donors (Lipinski definition) is 0. The summed E-state index contributed by atoms with van der Waals surface area (Å²) < 4.78 is 21.7. The van der Waals surface area contributed by atoms with E-state index >= 15 is 0 Å². The molecule has 1 aliphatic carbocycles. The fourth-order valence-corrected chi connectivity index (χ4v) is 4.02. The first-order valence-corrected chi connectivity index (χ1v) is 10.5. The van der Waals surface area contributed by atoms with Gasteiger partial charge in [0.2, 0.25) is 0 Å². The Morgan fingerprint density at radius 1 is 1.18 bits per heavy atom. The van der Waals surface area contributed by atoms with E-state index in [1.54, 1.807) is 0 Å². The molecule has 28 heavy (non-hydrogen) atoms. The molecule has 0 N–H and O–H groups in total. The second-order valence-electron chi connectivity index (χ2n) is 6.90. The predicted octanol–water partition coefficient (Wildman–Crippen LogP) is 3.54. The van der Waals surface area contributed by atoms with Crippen molar-refractivity contribution in [2.45, 2.75) is 31.6 Å². The molecule has 0 spiro atoms. The van der Waals surface area contributed by atoms with Crippen LogP contribution in [0.5, 0.6) is 0 Å². The third-order valence-corrected chi connectivity index (χ3v) is 5.60. The summed E-state index contributed by atoms with van der Waals surface area (Å²) in [6, 6.07) is 16.1. The van der Waals surface area contributed by atoms with Gasteiger partial charge < -0.3 is 9.45 Å². The summed E-state index contributed by atoms with van der Waals surface area (Å²) in [5, 5.41) is 18.9. The molecule has 4 rings (SSSR count). The van der Waals surface area contributed by atoms with Crippen molar-refractivity contribution < 1.29 is 8.76 Å². The van der Waals surface area contributed by atoms with E-state index in [9.17, 15) is 14.0 Å². The van der Waals surface area contributed by atoms with E-state index in [-0.39, 0.29) is 5.75 Å². The average Bonchev–Trinajstić information content (AvgIpc) is 3.53. The maximum atomic E-state index is 10.8. The minimum absolute atomic E-state index is 0.0117. The lowest BCUT2D eigenvalue weighted by Gasteiger charge is -2.24. The third kappa shape index (κ3) is 3.61. The Bertz CT molecular complexity index is 1090. The van der Waals surface area contributed by atoms with E-state index in [1.807, 2.05) is 42.5 Å². The average molecular weight is 391 g/mol. The summed E-state index contributed by atoms with van der Waals surface area (Å²) in [5.74, 6) is 0.0117. The molecule has 1 unspecified atom stereocenters. The number of fused-ring (bicyclic) bond motifs is 1. The van der Waals surface area contributed by atoms with Crippen LogP contribution in [0.1, 0.15) is 31.0 Å². The monoisotopic (exact) mass is 391 g/mol. The van der Waals surface area contributed by atoms with Crippen LogP contribution in [0.3, 0.4) is 0 Å². The predicted molar refractivity (Wildman–Crippen MR) is 108 cm³/mol. The molecule has 0 amide bonds. The molecule has 142 valence electrons. The summed E-state index contributed by atoms with van der Waals surface area (Å²) in [7, 11) is 0. The van der Waals surface area contributed by atoms with E-state index in [0.29, 0.717) is 11.7 Å². The van der Waals surface area contributed by atoms with Gasteiger partial charge in [-0.05, 0) is 48.6 Å². The molecular formula is C21H19N4O2S-. The maximum absolute atomic E-state index is 10.8. The molecule has 6 nitrogen and oxygen atoms in total. The van der Waals surface area contributed by atoms with Gasteiger partial charge >= 0.3 is 0 Å². The van der Waals surface area contributed by atoms with Crippen LogP contribution in [-0.4, -0.2) is 31.5 Å². The Kier molecular flexibility index (Phi) is 5.07. The number of hydrogen-bond acceptors (Lipinski definition) is 6. The lowest BCUT2D eigenvalue weighted by molar-refractivity contribution is 0.536. The topological polar surface area (TPSA) is 92.9 Å². The third-order valence-electron chi connectivity index (χ3n) is 5.03. The Hall–Kier alpha value is -2.82. The molecule has 1 saturated carbocycles. The molecule has 1 fully saturated rings. The molecule has 1 heterocycles. The zero-order valence-electron chi connectivity index (χ0n) is 15.5. The van der Waals surface area contributed by atoms with Gasteiger partial charge in [0.15, 0.2) is 5.69 Å². The summed E-state index contributed by atoms with van der Waals surface area (Å²) in [5.41, 5.74) is 4.68. The summed E-state index contributed by atoms with van der Waals surface area (Å²) in [4.78, 5) is 2.26. The van der Waals surface area contributed by atoms with Crippen molar-refractivity contribution in [1.29, 1.82) is 5.26 Å². The number of rotatable bonds is 6. The van der Waals surface area contributed by atoms with Gasteiger partial charge in [0.05, 0.1) is 11.2 Å². The zero-order chi connectivity index (χ0) is 19.7. The van der Waals surface area contributed by atoms with Crippen molar-refractivity contribution >= 4 is 27.7 Å². The van der Waals surface area contributed by atoms with Crippen LogP contribution in [0.25, 0.3) is 22.0 Å². The van der Waals surface area contributed by atoms with Crippen molar-refractivity contribution in [1.82, 2.24) is 10.2 Å². The lowest BCUT2D eigenvalue weighted by atomic mass is 10.0. The van der Waals surface area contributed by atoms with Crippen LogP contribution >= 0.6 is 0 Å². The molecule has 1 aliphatic rings. The first kappa shape index (κ1) is 18.5. The summed E-state index contributed by atoms with van der Waals surface area (Å²) in [6.45, 7) is 2.92. The Morgan fingerprint density at radius 2 is 1.89 bits per heavy atom.